The van der Waals surface area contributed by atoms with Crippen LogP contribution < -0.4 is 5.32 Å². The molecule has 1 aromatic rings. The van der Waals surface area contributed by atoms with Crippen molar-refractivity contribution < 1.29 is 38.3 Å². The molecular formula is C43H65N3O8. The molecular weight excluding hydrogens is 686 g/mol. The smallest absolute Gasteiger partial charge is 0.306 e. The lowest BCUT2D eigenvalue weighted by atomic mass is 9.68. The van der Waals surface area contributed by atoms with Crippen molar-refractivity contribution in [3.63, 3.8) is 0 Å². The molecule has 2 aliphatic rings. The van der Waals surface area contributed by atoms with Crippen LogP contribution in [0.3, 0.4) is 0 Å². The number of likely N-dealkylation sites (tertiary alicyclic amines) is 1. The van der Waals surface area contributed by atoms with E-state index in [0.717, 1.165) is 25.7 Å². The standard InChI is InChI=1S/C43H65N3O8/c1-10-14-31(39(51)34(47)17-18-36(49)44-38(41(53)45(8)9)30-15-12-11-13-16-30)23-35(48)33-25-43(6,7)27-46(33)40(52)32(24-37(50)54-26-28(2)3)29-19-21-42(4,5)22-20-29/h11-13,15-16,28-29,31-33,38H,10,14,17-27H2,1-9H3,(H,44,49)/t31?,32-,33-,38-/m0/s1. The van der Waals surface area contributed by atoms with Gasteiger partial charge in [0.25, 0.3) is 0 Å². The van der Waals surface area contributed by atoms with E-state index in [1.54, 1.807) is 49.3 Å². The number of benzene rings is 1. The van der Waals surface area contributed by atoms with Gasteiger partial charge in [-0.05, 0) is 66.8 Å². The van der Waals surface area contributed by atoms with Crippen molar-refractivity contribution in [3.8, 4) is 0 Å². The number of hydrogen-bond donors (Lipinski definition) is 1. The van der Waals surface area contributed by atoms with Gasteiger partial charge in [0.1, 0.15) is 6.04 Å². The minimum Gasteiger partial charge on any atom is -0.465 e. The number of amides is 3. The minimum absolute atomic E-state index is 0.00944. The number of rotatable bonds is 19. The van der Waals surface area contributed by atoms with Gasteiger partial charge in [-0.2, -0.15) is 0 Å². The van der Waals surface area contributed by atoms with Crippen molar-refractivity contribution in [1.29, 1.82) is 0 Å². The van der Waals surface area contributed by atoms with Crippen molar-refractivity contribution in [1.82, 2.24) is 15.1 Å². The van der Waals surface area contributed by atoms with Gasteiger partial charge in [-0.1, -0.05) is 85.2 Å². The summed E-state index contributed by atoms with van der Waals surface area (Å²) in [6, 6.07) is 7.06. The second-order valence-electron chi connectivity index (χ2n) is 17.8. The second kappa shape index (κ2) is 19.6. The largest absolute Gasteiger partial charge is 0.465 e. The summed E-state index contributed by atoms with van der Waals surface area (Å²) in [5, 5.41) is 2.70. The molecule has 4 atom stereocenters. The van der Waals surface area contributed by atoms with Gasteiger partial charge in [0, 0.05) is 45.8 Å². The highest BCUT2D eigenvalue weighted by atomic mass is 16.5. The zero-order chi connectivity index (χ0) is 40.4. The highest BCUT2D eigenvalue weighted by Gasteiger charge is 2.48. The fraction of sp³-hybridized carbons (Fsp3) is 0.698. The molecule has 11 heteroatoms. The summed E-state index contributed by atoms with van der Waals surface area (Å²) < 4.78 is 5.53. The van der Waals surface area contributed by atoms with Crippen molar-refractivity contribution in [2.24, 2.45) is 34.5 Å². The fourth-order valence-corrected chi connectivity index (χ4v) is 7.83. The third-order valence-electron chi connectivity index (χ3n) is 11.0. The number of Topliss-reactive ketones (excluding diaryl/α,β-unsaturated/α-hetero) is 3. The van der Waals surface area contributed by atoms with Crippen molar-refractivity contribution in [2.75, 3.05) is 27.2 Å². The molecule has 3 rings (SSSR count). The number of nitrogens with zero attached hydrogens (tertiary/aromatic N) is 2. The Bertz CT molecular complexity index is 1490. The van der Waals surface area contributed by atoms with Gasteiger partial charge in [0.05, 0.1) is 25.0 Å². The molecule has 1 heterocycles. The lowest BCUT2D eigenvalue weighted by Crippen LogP contribution is -2.47. The van der Waals surface area contributed by atoms with Crippen LogP contribution in [0.4, 0.5) is 0 Å². The van der Waals surface area contributed by atoms with Gasteiger partial charge in [-0.3, -0.25) is 33.6 Å². The zero-order valence-corrected chi connectivity index (χ0v) is 34.2. The van der Waals surface area contributed by atoms with Gasteiger partial charge in [0.15, 0.2) is 11.6 Å². The number of hydrogen-bond acceptors (Lipinski definition) is 8. The third-order valence-corrected chi connectivity index (χ3v) is 11.0. The van der Waals surface area contributed by atoms with Gasteiger partial charge < -0.3 is 19.9 Å². The summed E-state index contributed by atoms with van der Waals surface area (Å²) in [7, 11) is 3.17. The van der Waals surface area contributed by atoms with Crippen LogP contribution in [-0.4, -0.2) is 84.1 Å². The number of likely N-dealkylation sites (N-methyl/N-ethyl adjacent to an activating group) is 1. The van der Waals surface area contributed by atoms with Crippen molar-refractivity contribution in [2.45, 2.75) is 131 Å². The Balaban J connectivity index is 1.73. The molecule has 0 spiro atoms. The Kier molecular flexibility index (Phi) is 16.2. The molecule has 1 unspecified atom stereocenters. The number of esters is 1. The van der Waals surface area contributed by atoms with E-state index < -0.39 is 47.4 Å². The Hall–Kier alpha value is -3.89. The van der Waals surface area contributed by atoms with E-state index in [9.17, 15) is 33.6 Å². The van der Waals surface area contributed by atoms with Gasteiger partial charge >= 0.3 is 5.97 Å². The second-order valence-corrected chi connectivity index (χ2v) is 17.8. The number of carbonyl (C=O) groups is 7. The number of ketones is 3. The molecule has 1 N–H and O–H groups in total. The average molecular weight is 752 g/mol. The third kappa shape index (κ3) is 12.9. The van der Waals surface area contributed by atoms with Crippen LogP contribution in [0.1, 0.15) is 131 Å². The first kappa shape index (κ1) is 44.5. The summed E-state index contributed by atoms with van der Waals surface area (Å²) >= 11 is 0. The van der Waals surface area contributed by atoms with Gasteiger partial charge in [0.2, 0.25) is 23.5 Å². The van der Waals surface area contributed by atoms with Gasteiger partial charge in [-0.15, -0.1) is 0 Å². The van der Waals surface area contributed by atoms with E-state index in [0.29, 0.717) is 31.4 Å². The predicted molar refractivity (Wildman–Crippen MR) is 207 cm³/mol. The quantitative estimate of drug-likeness (QED) is 0.129. The molecule has 0 radical (unpaired) electrons. The van der Waals surface area contributed by atoms with E-state index in [-0.39, 0.29) is 72.6 Å². The number of carbonyl (C=O) groups excluding carboxylic acids is 7. The summed E-state index contributed by atoms with van der Waals surface area (Å²) in [4.78, 5) is 97.3. The Morgan fingerprint density at radius 1 is 0.907 bits per heavy atom. The van der Waals surface area contributed by atoms with Crippen LogP contribution in [-0.2, 0) is 38.3 Å². The van der Waals surface area contributed by atoms with Crippen LogP contribution in [0.15, 0.2) is 30.3 Å². The molecule has 1 saturated carbocycles. The van der Waals surface area contributed by atoms with Crippen LogP contribution in [0.25, 0.3) is 0 Å². The highest BCUT2D eigenvalue weighted by molar-refractivity contribution is 6.38. The first-order chi connectivity index (χ1) is 25.2. The summed E-state index contributed by atoms with van der Waals surface area (Å²) in [6.45, 7) is 14.9. The van der Waals surface area contributed by atoms with Crippen LogP contribution in [0.2, 0.25) is 0 Å². The van der Waals surface area contributed by atoms with E-state index >= 15 is 0 Å². The number of ether oxygens (including phenoxy) is 1. The number of nitrogens with one attached hydrogen (secondary N) is 1. The Morgan fingerprint density at radius 3 is 2.11 bits per heavy atom. The average Bonchev–Trinajstić information content (AvgIpc) is 3.45. The fourth-order valence-electron chi connectivity index (χ4n) is 7.83. The molecule has 0 aromatic heterocycles. The lowest BCUT2D eigenvalue weighted by molar-refractivity contribution is -0.153. The molecule has 54 heavy (non-hydrogen) atoms. The predicted octanol–water partition coefficient (Wildman–Crippen LogP) is 6.28. The van der Waals surface area contributed by atoms with E-state index in [1.165, 1.54) is 4.90 Å². The maximum atomic E-state index is 14.5. The first-order valence-electron chi connectivity index (χ1n) is 19.9. The van der Waals surface area contributed by atoms with E-state index in [1.807, 2.05) is 34.6 Å². The monoisotopic (exact) mass is 751 g/mol. The molecule has 2 fully saturated rings. The van der Waals surface area contributed by atoms with Crippen LogP contribution in [0, 0.1) is 34.5 Å². The van der Waals surface area contributed by atoms with Crippen LogP contribution in [0.5, 0.6) is 0 Å². The summed E-state index contributed by atoms with van der Waals surface area (Å²) in [6.07, 6.45) is 3.89. The highest BCUT2D eigenvalue weighted by Crippen LogP contribution is 2.44. The Morgan fingerprint density at radius 2 is 1.54 bits per heavy atom. The lowest BCUT2D eigenvalue weighted by Gasteiger charge is -2.39. The van der Waals surface area contributed by atoms with Crippen LogP contribution >= 0.6 is 0 Å². The maximum Gasteiger partial charge on any atom is 0.306 e. The molecule has 3 amide bonds. The minimum atomic E-state index is -0.943. The van der Waals surface area contributed by atoms with Gasteiger partial charge in [-0.25, -0.2) is 0 Å². The SMILES string of the molecule is CCCC(CC(=O)[C@@H]1CC(C)(C)CN1C(=O)[C@@H](CC(=O)OCC(C)C)C1CCC(C)(C)CC1)C(=O)C(=O)CCC(=O)N[C@H](C(=O)N(C)C)c1ccccc1. The van der Waals surface area contributed by atoms with E-state index in [4.69, 9.17) is 4.74 Å². The zero-order valence-electron chi connectivity index (χ0n) is 34.2. The summed E-state index contributed by atoms with van der Waals surface area (Å²) in [5.41, 5.74) is 0.386. The van der Waals surface area contributed by atoms with Crippen molar-refractivity contribution in [3.05, 3.63) is 35.9 Å². The Labute approximate surface area is 322 Å². The summed E-state index contributed by atoms with van der Waals surface area (Å²) in [5.74, 6) is -4.56. The maximum absolute atomic E-state index is 14.5. The topological polar surface area (TPSA) is 147 Å². The van der Waals surface area contributed by atoms with E-state index in [2.05, 4.69) is 19.2 Å². The molecule has 1 aliphatic carbocycles. The first-order valence-corrected chi connectivity index (χ1v) is 19.9. The molecule has 300 valence electrons. The molecule has 1 saturated heterocycles. The van der Waals surface area contributed by atoms with Crippen molar-refractivity contribution >= 4 is 41.0 Å². The molecule has 1 aromatic carbocycles. The molecule has 11 nitrogen and oxygen atoms in total. The normalized spacial score (nSPS) is 19.7. The molecule has 1 aliphatic heterocycles. The molecule has 0 bridgehead atoms.